The zero-order valence-corrected chi connectivity index (χ0v) is 36.3. The van der Waals surface area contributed by atoms with Crippen LogP contribution in [0.5, 0.6) is 11.5 Å². The molecule has 4 aromatic carbocycles. The van der Waals surface area contributed by atoms with Crippen LogP contribution in [0.4, 0.5) is 0 Å². The number of aliphatic carboxylic acids is 1. The number of aliphatic hydroxyl groups is 1. The zero-order valence-electron chi connectivity index (χ0n) is 32.4. The molecular formula is C43H46Br2ClLiO11. The summed E-state index contributed by atoms with van der Waals surface area (Å²) in [7, 11) is -3.48. The molecule has 1 aliphatic heterocycles. The van der Waals surface area contributed by atoms with Crippen molar-refractivity contribution in [2.75, 3.05) is 7.11 Å². The summed E-state index contributed by atoms with van der Waals surface area (Å²) in [6.07, 6.45) is 8.98. The van der Waals surface area contributed by atoms with Crippen LogP contribution in [0.1, 0.15) is 96.3 Å². The second-order valence-corrected chi connectivity index (χ2v) is 16.6. The van der Waals surface area contributed by atoms with E-state index < -0.39 is 16.2 Å². The van der Waals surface area contributed by atoms with Crippen LogP contribution in [0.3, 0.4) is 0 Å². The van der Waals surface area contributed by atoms with Gasteiger partial charge in [0.05, 0.1) is 26.6 Å². The van der Waals surface area contributed by atoms with Crippen LogP contribution in [-0.2, 0) is 27.4 Å². The van der Waals surface area contributed by atoms with Crippen LogP contribution < -0.4 is 42.2 Å². The fraction of sp³-hybridized carbons (Fsp3) is 0.349. The first kappa shape index (κ1) is 49.2. The molecule has 0 spiro atoms. The van der Waals surface area contributed by atoms with Crippen LogP contribution in [0.15, 0.2) is 100 Å². The Balaban J connectivity index is 0.000000241. The number of carbonyl (C=O) groups excluding carboxylic acids is 1. The maximum atomic E-state index is 11.8. The van der Waals surface area contributed by atoms with E-state index >= 15 is 0 Å². The predicted octanol–water partition coefficient (Wildman–Crippen LogP) is 2.77. The van der Waals surface area contributed by atoms with Gasteiger partial charge in [-0.2, -0.15) is 0 Å². The minimum absolute atomic E-state index is 0. The number of aliphatic hydroxyl groups excluding tert-OH is 1. The van der Waals surface area contributed by atoms with E-state index in [1.165, 1.54) is 36.6 Å². The number of rotatable bonds is 11. The van der Waals surface area contributed by atoms with Crippen molar-refractivity contribution in [1.29, 1.82) is 0 Å². The molecule has 58 heavy (non-hydrogen) atoms. The second-order valence-electron chi connectivity index (χ2n) is 14.0. The number of carboxylic acid groups (broad SMARTS) is 1. The topological polar surface area (TPSA) is 206 Å². The van der Waals surface area contributed by atoms with Gasteiger partial charge in [-0.15, -0.1) is 10.2 Å². The normalized spacial score (nSPS) is 16.3. The Labute approximate surface area is 369 Å². The van der Waals surface area contributed by atoms with E-state index in [9.17, 15) is 14.7 Å². The van der Waals surface area contributed by atoms with Gasteiger partial charge in [0.25, 0.3) is 0 Å². The van der Waals surface area contributed by atoms with E-state index in [1.807, 2.05) is 30.3 Å². The molecule has 2 aliphatic carbocycles. The molecular weight excluding hydrogens is 895 g/mol. The maximum Gasteiger partial charge on any atom is 1.00 e. The number of aromatic hydroxyl groups is 1. The molecule has 0 saturated heterocycles. The molecule has 15 heteroatoms. The third-order valence-corrected chi connectivity index (χ3v) is 11.0. The van der Waals surface area contributed by atoms with Gasteiger partial charge in [0.2, 0.25) is 0 Å². The van der Waals surface area contributed by atoms with E-state index in [0.717, 1.165) is 51.5 Å². The summed E-state index contributed by atoms with van der Waals surface area (Å²) in [5.74, 6) is 1.30. The number of ether oxygens (including phenoxy) is 2. The van der Waals surface area contributed by atoms with Crippen LogP contribution in [0, 0.1) is 22.1 Å². The van der Waals surface area contributed by atoms with E-state index in [1.54, 1.807) is 18.2 Å². The number of methoxy groups -OCH3 is 1. The number of esters is 1. The van der Waals surface area contributed by atoms with Crippen molar-refractivity contribution in [1.82, 2.24) is 0 Å². The smallest absolute Gasteiger partial charge is 0.508 e. The number of carbonyl (C=O) groups is 2. The number of carboxylic acids is 1. The molecule has 0 bridgehead atoms. The summed E-state index contributed by atoms with van der Waals surface area (Å²) >= 11 is 6.83. The molecule has 0 amide bonds. The summed E-state index contributed by atoms with van der Waals surface area (Å²) in [4.78, 5) is 22.6. The molecule has 3 aliphatic rings. The van der Waals surface area contributed by atoms with Gasteiger partial charge in [-0.1, -0.05) is 93.0 Å². The number of hydrogen-bond donors (Lipinski definition) is 3. The minimum Gasteiger partial charge on any atom is -0.508 e. The van der Waals surface area contributed by atoms with E-state index in [4.69, 9.17) is 38.3 Å². The molecule has 4 aromatic rings. The second kappa shape index (κ2) is 23.6. The van der Waals surface area contributed by atoms with Gasteiger partial charge in [-0.05, 0) is 126 Å². The Bertz CT molecular complexity index is 1930. The standard InChI is InChI=1S/C22H23BrO3.C13H16O4.C8H7Br.ClHO4.Li/c1-25-22(24)13-19(14-2-3-14)17-5-4-16-8-11-20(26-21(16)12-17)15-6-9-18(23)10-7-15;14-7-10-4-3-9(5-12(10)15)11(6-13(16)17)8-1-2-8;1-2-7-3-5-8(9)6-4-7;2-1(3,4)5;/h4-7,9-10,12,14,19-20H,2-3,8,11,13H2,1H3;3-5,8,11,14-15H,1-2,6-7H2,(H,16,17);2-6H,1H2;(H,2,3,4,5);/q;;;;+1/p-1/t19-,20?;11-;;;/m00.../s1. The summed E-state index contributed by atoms with van der Waals surface area (Å²) < 4.78 is 47.4. The summed E-state index contributed by atoms with van der Waals surface area (Å²) in [5, 5.41) is 27.5. The third-order valence-electron chi connectivity index (χ3n) is 9.91. The van der Waals surface area contributed by atoms with Gasteiger partial charge in [0, 0.05) is 14.5 Å². The van der Waals surface area contributed by atoms with Gasteiger partial charge in [-0.25, -0.2) is 18.6 Å². The molecule has 1 unspecified atom stereocenters. The van der Waals surface area contributed by atoms with Crippen LogP contribution in [-0.4, -0.2) is 34.4 Å². The fourth-order valence-corrected chi connectivity index (χ4v) is 7.16. The quantitative estimate of drug-likeness (QED) is 0.147. The van der Waals surface area contributed by atoms with Crippen LogP contribution in [0.25, 0.3) is 6.08 Å². The number of aryl methyl sites for hydroxylation is 1. The van der Waals surface area contributed by atoms with Crippen molar-refractivity contribution >= 4 is 49.9 Å². The molecule has 11 nitrogen and oxygen atoms in total. The largest absolute Gasteiger partial charge is 1.00 e. The van der Waals surface area contributed by atoms with Crippen molar-refractivity contribution in [2.45, 2.75) is 75.9 Å². The Kier molecular flexibility index (Phi) is 20.0. The zero-order chi connectivity index (χ0) is 41.7. The maximum absolute atomic E-state index is 11.8. The Morgan fingerprint density at radius 1 is 0.845 bits per heavy atom. The van der Waals surface area contributed by atoms with Gasteiger partial charge < -0.3 is 24.8 Å². The number of halogens is 3. The molecule has 1 heterocycles. The first-order valence-electron chi connectivity index (χ1n) is 18.3. The SMILES string of the molecule is C=Cc1ccc(Br)cc1.COC(=O)C[C@H](c1ccc2c(c1)OC(c1ccc(Br)cc1)CC2)C1CC1.O=C(O)C[C@H](c1ccc(CO)c(O)c1)C1CC1.[Li+].[O-][Cl+3]([O-])([O-])[O-]. The predicted molar refractivity (Wildman–Crippen MR) is 210 cm³/mol. The summed E-state index contributed by atoms with van der Waals surface area (Å²) in [5.41, 5.74) is 6.14. The number of fused-ring (bicyclic) bond motifs is 1. The van der Waals surface area contributed by atoms with Gasteiger partial charge >= 0.3 is 30.8 Å². The minimum atomic E-state index is -4.94. The van der Waals surface area contributed by atoms with Crippen molar-refractivity contribution in [2.24, 2.45) is 11.8 Å². The molecule has 7 rings (SSSR count). The number of benzene rings is 4. The van der Waals surface area contributed by atoms with Crippen LogP contribution in [0.2, 0.25) is 0 Å². The summed E-state index contributed by atoms with van der Waals surface area (Å²) in [6, 6.07) is 27.9. The van der Waals surface area contributed by atoms with Crippen molar-refractivity contribution < 1.29 is 82.1 Å². The molecule has 0 radical (unpaired) electrons. The van der Waals surface area contributed by atoms with E-state index in [0.29, 0.717) is 23.8 Å². The third kappa shape index (κ3) is 16.8. The monoisotopic (exact) mass is 938 g/mol. The molecule has 3 N–H and O–H groups in total. The summed E-state index contributed by atoms with van der Waals surface area (Å²) in [6.45, 7) is 3.44. The van der Waals surface area contributed by atoms with Crippen molar-refractivity contribution in [3.05, 3.63) is 134 Å². The molecule has 306 valence electrons. The molecule has 0 aromatic heterocycles. The van der Waals surface area contributed by atoms with Crippen molar-refractivity contribution in [3.8, 4) is 11.5 Å². The van der Waals surface area contributed by atoms with E-state index in [-0.39, 0.29) is 61.5 Å². The molecule has 2 saturated carbocycles. The average molecular weight is 941 g/mol. The Morgan fingerprint density at radius 3 is 1.84 bits per heavy atom. The first-order valence-corrected chi connectivity index (χ1v) is 21.2. The number of hydrogen-bond acceptors (Lipinski definition) is 10. The van der Waals surface area contributed by atoms with Gasteiger partial charge in [-0.3, -0.25) is 9.59 Å². The fourth-order valence-electron chi connectivity index (χ4n) is 6.63. The van der Waals surface area contributed by atoms with Gasteiger partial charge in [0.1, 0.15) is 17.6 Å². The average Bonchev–Trinajstić information content (AvgIpc) is 4.11. The Hall–Kier alpha value is -3.19. The van der Waals surface area contributed by atoms with Crippen molar-refractivity contribution in [3.63, 3.8) is 0 Å². The first-order chi connectivity index (χ1) is 27.1. The van der Waals surface area contributed by atoms with E-state index in [2.05, 4.69) is 80.9 Å². The molecule has 2 fully saturated rings. The Morgan fingerprint density at radius 2 is 1.36 bits per heavy atom. The van der Waals surface area contributed by atoms with Crippen LogP contribution >= 0.6 is 31.9 Å². The molecule has 3 atom stereocenters. The van der Waals surface area contributed by atoms with Gasteiger partial charge in [0.15, 0.2) is 0 Å². The number of phenols is 1.